The van der Waals surface area contributed by atoms with Crippen LogP contribution in [0.1, 0.15) is 45.2 Å². The number of amides is 1. The van der Waals surface area contributed by atoms with Crippen molar-refractivity contribution in [2.45, 2.75) is 45.2 Å². The molecule has 0 saturated carbocycles. The van der Waals surface area contributed by atoms with Gasteiger partial charge in [0.2, 0.25) is 5.91 Å². The fraction of sp³-hybridized carbons (Fsp3) is 0.562. The van der Waals surface area contributed by atoms with Crippen LogP contribution in [0.25, 0.3) is 0 Å². The van der Waals surface area contributed by atoms with Crippen molar-refractivity contribution >= 4 is 11.6 Å². The Hall–Kier alpha value is -1.55. The van der Waals surface area contributed by atoms with Crippen molar-refractivity contribution in [3.05, 3.63) is 29.8 Å². The largest absolute Gasteiger partial charge is 0.372 e. The van der Waals surface area contributed by atoms with Crippen LogP contribution in [0.5, 0.6) is 0 Å². The molecule has 1 aromatic carbocycles. The van der Waals surface area contributed by atoms with E-state index in [1.165, 1.54) is 18.5 Å². The summed E-state index contributed by atoms with van der Waals surface area (Å²) in [6.07, 6.45) is 2.52. The van der Waals surface area contributed by atoms with E-state index in [2.05, 4.69) is 28.4 Å². The number of carbonyl (C=O) groups excluding carboxylic acids is 1. The van der Waals surface area contributed by atoms with Crippen molar-refractivity contribution in [2.24, 2.45) is 5.73 Å². The second kappa shape index (κ2) is 5.83. The molecule has 0 radical (unpaired) electrons. The van der Waals surface area contributed by atoms with Crippen molar-refractivity contribution in [1.82, 2.24) is 5.32 Å². The van der Waals surface area contributed by atoms with Crippen LogP contribution in [0.15, 0.2) is 24.3 Å². The molecule has 0 bridgehead atoms. The second-order valence-electron chi connectivity index (χ2n) is 6.21. The van der Waals surface area contributed by atoms with Crippen LogP contribution in [0.2, 0.25) is 0 Å². The molecule has 1 fully saturated rings. The number of anilines is 1. The van der Waals surface area contributed by atoms with Crippen LogP contribution in [-0.2, 0) is 4.79 Å². The summed E-state index contributed by atoms with van der Waals surface area (Å²) >= 11 is 0. The highest BCUT2D eigenvalue weighted by Crippen LogP contribution is 2.24. The third kappa shape index (κ3) is 3.51. The van der Waals surface area contributed by atoms with Gasteiger partial charge in [0.1, 0.15) is 0 Å². The van der Waals surface area contributed by atoms with Crippen molar-refractivity contribution in [3.63, 3.8) is 0 Å². The van der Waals surface area contributed by atoms with Gasteiger partial charge in [0.05, 0.1) is 11.6 Å². The summed E-state index contributed by atoms with van der Waals surface area (Å²) < 4.78 is 0. The summed E-state index contributed by atoms with van der Waals surface area (Å²) in [5, 5.41) is 2.97. The molecule has 0 spiro atoms. The van der Waals surface area contributed by atoms with Gasteiger partial charge >= 0.3 is 0 Å². The zero-order valence-electron chi connectivity index (χ0n) is 12.6. The van der Waals surface area contributed by atoms with E-state index < -0.39 is 5.54 Å². The van der Waals surface area contributed by atoms with E-state index in [-0.39, 0.29) is 11.9 Å². The third-order valence-corrected chi connectivity index (χ3v) is 3.77. The lowest BCUT2D eigenvalue weighted by Crippen LogP contribution is -2.49. The molecule has 1 aliphatic rings. The highest BCUT2D eigenvalue weighted by molar-refractivity contribution is 5.85. The van der Waals surface area contributed by atoms with Crippen LogP contribution in [0, 0.1) is 0 Å². The molecule has 3 N–H and O–H groups in total. The van der Waals surface area contributed by atoms with Gasteiger partial charge in [-0.3, -0.25) is 4.79 Å². The van der Waals surface area contributed by atoms with E-state index in [1.54, 1.807) is 13.8 Å². The summed E-state index contributed by atoms with van der Waals surface area (Å²) in [5.41, 5.74) is 7.33. The average molecular weight is 275 g/mol. The van der Waals surface area contributed by atoms with E-state index >= 15 is 0 Å². The Balaban J connectivity index is 2.08. The molecule has 110 valence electrons. The molecule has 1 aliphatic heterocycles. The SMILES string of the molecule is CC(NC(=O)C(C)(C)N)c1cccc(N2CCCC2)c1. The fourth-order valence-electron chi connectivity index (χ4n) is 2.43. The number of nitrogens with two attached hydrogens (primary N) is 1. The van der Waals surface area contributed by atoms with E-state index in [1.807, 2.05) is 13.0 Å². The summed E-state index contributed by atoms with van der Waals surface area (Å²) in [4.78, 5) is 14.3. The van der Waals surface area contributed by atoms with E-state index in [9.17, 15) is 4.79 Å². The summed E-state index contributed by atoms with van der Waals surface area (Å²) in [5.74, 6) is -0.128. The Morgan fingerprint density at radius 2 is 2.00 bits per heavy atom. The summed E-state index contributed by atoms with van der Waals surface area (Å²) in [6, 6.07) is 8.37. The van der Waals surface area contributed by atoms with Crippen molar-refractivity contribution in [1.29, 1.82) is 0 Å². The second-order valence-corrected chi connectivity index (χ2v) is 6.21. The molecule has 1 atom stereocenters. The Bertz CT molecular complexity index is 473. The van der Waals surface area contributed by atoms with Gasteiger partial charge in [0, 0.05) is 18.8 Å². The smallest absolute Gasteiger partial charge is 0.239 e. The number of benzene rings is 1. The number of rotatable bonds is 4. The normalized spacial score (nSPS) is 17.1. The monoisotopic (exact) mass is 275 g/mol. The van der Waals surface area contributed by atoms with Crippen molar-refractivity contribution < 1.29 is 4.79 Å². The Morgan fingerprint density at radius 1 is 1.35 bits per heavy atom. The fourth-order valence-corrected chi connectivity index (χ4v) is 2.43. The molecule has 2 rings (SSSR count). The number of hydrogen-bond donors (Lipinski definition) is 2. The van der Waals surface area contributed by atoms with E-state index in [0.717, 1.165) is 18.7 Å². The lowest BCUT2D eigenvalue weighted by atomic mass is 10.0. The molecule has 1 unspecified atom stereocenters. The molecular weight excluding hydrogens is 250 g/mol. The number of carbonyl (C=O) groups is 1. The number of hydrogen-bond acceptors (Lipinski definition) is 3. The molecule has 1 amide bonds. The maximum absolute atomic E-state index is 11.9. The van der Waals surface area contributed by atoms with Gasteiger partial charge in [-0.2, -0.15) is 0 Å². The first-order valence-corrected chi connectivity index (χ1v) is 7.32. The van der Waals surface area contributed by atoms with Gasteiger partial charge in [0.25, 0.3) is 0 Å². The van der Waals surface area contributed by atoms with Gasteiger partial charge in [0.15, 0.2) is 0 Å². The van der Waals surface area contributed by atoms with Crippen LogP contribution in [0.4, 0.5) is 5.69 Å². The quantitative estimate of drug-likeness (QED) is 0.885. The van der Waals surface area contributed by atoms with Gasteiger partial charge in [-0.15, -0.1) is 0 Å². The van der Waals surface area contributed by atoms with Crippen LogP contribution < -0.4 is 16.0 Å². The maximum atomic E-state index is 11.9. The number of nitrogens with zero attached hydrogens (tertiary/aromatic N) is 1. The molecule has 1 saturated heterocycles. The molecule has 1 heterocycles. The van der Waals surface area contributed by atoms with Crippen LogP contribution >= 0.6 is 0 Å². The van der Waals surface area contributed by atoms with Crippen molar-refractivity contribution in [2.75, 3.05) is 18.0 Å². The molecule has 1 aromatic rings. The van der Waals surface area contributed by atoms with Gasteiger partial charge in [-0.05, 0) is 51.3 Å². The van der Waals surface area contributed by atoms with Crippen LogP contribution in [0.3, 0.4) is 0 Å². The first-order valence-electron chi connectivity index (χ1n) is 7.32. The maximum Gasteiger partial charge on any atom is 0.239 e. The summed E-state index contributed by atoms with van der Waals surface area (Å²) in [7, 11) is 0. The van der Waals surface area contributed by atoms with E-state index in [0.29, 0.717) is 0 Å². The minimum Gasteiger partial charge on any atom is -0.372 e. The Kier molecular flexibility index (Phi) is 4.33. The average Bonchev–Trinajstić information content (AvgIpc) is 2.91. The Morgan fingerprint density at radius 3 is 2.60 bits per heavy atom. The predicted molar refractivity (Wildman–Crippen MR) is 82.7 cm³/mol. The minimum atomic E-state index is -0.846. The van der Waals surface area contributed by atoms with Gasteiger partial charge < -0.3 is 16.0 Å². The van der Waals surface area contributed by atoms with E-state index in [4.69, 9.17) is 5.73 Å². The molecule has 20 heavy (non-hydrogen) atoms. The molecule has 4 nitrogen and oxygen atoms in total. The minimum absolute atomic E-state index is 0.0344. The Labute approximate surface area is 121 Å². The van der Waals surface area contributed by atoms with Gasteiger partial charge in [-0.1, -0.05) is 12.1 Å². The molecule has 0 aliphatic carbocycles. The predicted octanol–water partition coefficient (Wildman–Crippen LogP) is 2.20. The topological polar surface area (TPSA) is 58.4 Å². The van der Waals surface area contributed by atoms with Gasteiger partial charge in [-0.25, -0.2) is 0 Å². The highest BCUT2D eigenvalue weighted by Gasteiger charge is 2.23. The van der Waals surface area contributed by atoms with Crippen molar-refractivity contribution in [3.8, 4) is 0 Å². The lowest BCUT2D eigenvalue weighted by Gasteiger charge is -2.24. The highest BCUT2D eigenvalue weighted by atomic mass is 16.2. The first-order chi connectivity index (χ1) is 9.38. The zero-order chi connectivity index (χ0) is 14.8. The first kappa shape index (κ1) is 14.9. The standard InChI is InChI=1S/C16H25N3O/c1-12(18-15(20)16(2,3)17)13-7-6-8-14(11-13)19-9-4-5-10-19/h6-8,11-12H,4-5,9-10,17H2,1-3H3,(H,18,20). The number of nitrogens with one attached hydrogen (secondary N) is 1. The molecule has 0 aromatic heterocycles. The third-order valence-electron chi connectivity index (χ3n) is 3.77. The van der Waals surface area contributed by atoms with Crippen LogP contribution in [-0.4, -0.2) is 24.5 Å². The summed E-state index contributed by atoms with van der Waals surface area (Å²) in [6.45, 7) is 7.68. The lowest BCUT2D eigenvalue weighted by molar-refractivity contribution is -0.125. The zero-order valence-corrected chi connectivity index (χ0v) is 12.6. The molecular formula is C16H25N3O. The molecule has 4 heteroatoms.